The molecule has 1 aromatic carbocycles. The Morgan fingerprint density at radius 3 is 2.67 bits per heavy atom. The van der Waals surface area contributed by atoms with Gasteiger partial charge in [-0.3, -0.25) is 4.79 Å². The molecule has 0 radical (unpaired) electrons. The fraction of sp³-hybridized carbons (Fsp3) is 0.562. The highest BCUT2D eigenvalue weighted by molar-refractivity contribution is 8.00. The number of hydrogen-bond donors (Lipinski definition) is 2. The molecule has 2 N–H and O–H groups in total. The van der Waals surface area contributed by atoms with E-state index in [4.69, 9.17) is 4.74 Å². The largest absolute Gasteiger partial charge is 0.385 e. The van der Waals surface area contributed by atoms with Gasteiger partial charge in [-0.1, -0.05) is 19.1 Å². The molecule has 0 aliphatic rings. The highest BCUT2D eigenvalue weighted by atomic mass is 32.2. The van der Waals surface area contributed by atoms with Crippen LogP contribution in [-0.4, -0.2) is 38.5 Å². The molecular weight excluding hydrogens is 284 g/mol. The second-order valence-electron chi connectivity index (χ2n) is 4.83. The van der Waals surface area contributed by atoms with E-state index < -0.39 is 0 Å². The molecule has 1 unspecified atom stereocenters. The number of amides is 1. The predicted molar refractivity (Wildman–Crippen MR) is 88.8 cm³/mol. The van der Waals surface area contributed by atoms with Gasteiger partial charge in [-0.15, -0.1) is 11.8 Å². The van der Waals surface area contributed by atoms with Gasteiger partial charge < -0.3 is 15.4 Å². The fourth-order valence-corrected chi connectivity index (χ4v) is 2.65. The zero-order valence-electron chi connectivity index (χ0n) is 13.1. The number of rotatable bonds is 10. The molecule has 0 spiro atoms. The van der Waals surface area contributed by atoms with Crippen LogP contribution in [0.25, 0.3) is 0 Å². The van der Waals surface area contributed by atoms with Gasteiger partial charge >= 0.3 is 0 Å². The third kappa shape index (κ3) is 7.50. The van der Waals surface area contributed by atoms with Gasteiger partial charge in [-0.2, -0.15) is 0 Å². The van der Waals surface area contributed by atoms with Gasteiger partial charge in [0.1, 0.15) is 0 Å². The van der Waals surface area contributed by atoms with Crippen LogP contribution in [0, 0.1) is 0 Å². The molecule has 1 rings (SSSR count). The standard InChI is InChI=1S/C16H26N2O2S/c1-4-17-13(2)14-6-8-15(9-7-14)21-12-16(19)18-10-5-11-20-3/h6-9,13,17H,4-5,10-12H2,1-3H3,(H,18,19). The van der Waals surface area contributed by atoms with Crippen molar-refractivity contribution in [3.8, 4) is 0 Å². The minimum Gasteiger partial charge on any atom is -0.385 e. The summed E-state index contributed by atoms with van der Waals surface area (Å²) in [5.41, 5.74) is 1.27. The average Bonchev–Trinajstić information content (AvgIpc) is 2.50. The van der Waals surface area contributed by atoms with E-state index >= 15 is 0 Å². The van der Waals surface area contributed by atoms with Gasteiger partial charge in [-0.05, 0) is 37.6 Å². The van der Waals surface area contributed by atoms with Gasteiger partial charge in [0.05, 0.1) is 5.75 Å². The lowest BCUT2D eigenvalue weighted by Crippen LogP contribution is -2.26. The highest BCUT2D eigenvalue weighted by Gasteiger charge is 2.05. The van der Waals surface area contributed by atoms with Crippen LogP contribution in [0.3, 0.4) is 0 Å². The van der Waals surface area contributed by atoms with E-state index in [1.165, 1.54) is 5.56 Å². The number of carbonyl (C=O) groups excluding carboxylic acids is 1. The van der Waals surface area contributed by atoms with Crippen molar-refractivity contribution in [3.05, 3.63) is 29.8 Å². The highest BCUT2D eigenvalue weighted by Crippen LogP contribution is 2.20. The Balaban J connectivity index is 2.30. The smallest absolute Gasteiger partial charge is 0.230 e. The zero-order chi connectivity index (χ0) is 15.5. The molecular formula is C16H26N2O2S. The fourth-order valence-electron chi connectivity index (χ4n) is 1.92. The Morgan fingerprint density at radius 2 is 2.05 bits per heavy atom. The van der Waals surface area contributed by atoms with E-state index in [1.54, 1.807) is 18.9 Å². The number of hydrogen-bond acceptors (Lipinski definition) is 4. The van der Waals surface area contributed by atoms with Crippen LogP contribution in [0.15, 0.2) is 29.2 Å². The first-order valence-corrected chi connectivity index (χ1v) is 8.37. The number of benzene rings is 1. The minimum atomic E-state index is 0.0706. The summed E-state index contributed by atoms with van der Waals surface area (Å²) in [4.78, 5) is 12.8. The Kier molecular flexibility index (Phi) is 9.14. The summed E-state index contributed by atoms with van der Waals surface area (Å²) < 4.78 is 4.94. The van der Waals surface area contributed by atoms with Crippen LogP contribution in [-0.2, 0) is 9.53 Å². The Morgan fingerprint density at radius 1 is 1.33 bits per heavy atom. The topological polar surface area (TPSA) is 50.4 Å². The van der Waals surface area contributed by atoms with E-state index in [0.717, 1.165) is 17.9 Å². The molecule has 1 amide bonds. The Bertz CT molecular complexity index is 409. The first kappa shape index (κ1) is 18.0. The molecule has 0 aromatic heterocycles. The van der Waals surface area contributed by atoms with E-state index in [1.807, 2.05) is 0 Å². The maximum absolute atomic E-state index is 11.7. The first-order valence-electron chi connectivity index (χ1n) is 7.39. The van der Waals surface area contributed by atoms with Crippen LogP contribution in [0.2, 0.25) is 0 Å². The number of thioether (sulfide) groups is 1. The van der Waals surface area contributed by atoms with Gasteiger partial charge in [0.2, 0.25) is 5.91 Å². The predicted octanol–water partition coefficient (Wildman–Crippen LogP) is 2.60. The normalized spacial score (nSPS) is 12.1. The molecule has 0 heterocycles. The monoisotopic (exact) mass is 310 g/mol. The molecule has 4 nitrogen and oxygen atoms in total. The second-order valence-corrected chi connectivity index (χ2v) is 5.88. The van der Waals surface area contributed by atoms with Crippen molar-refractivity contribution in [2.24, 2.45) is 0 Å². The van der Waals surface area contributed by atoms with Crippen LogP contribution in [0.1, 0.15) is 31.9 Å². The molecule has 0 bridgehead atoms. The molecule has 0 saturated heterocycles. The molecule has 118 valence electrons. The van der Waals surface area contributed by atoms with E-state index in [0.29, 0.717) is 24.9 Å². The Hall–Kier alpha value is -1.04. The lowest BCUT2D eigenvalue weighted by atomic mass is 10.1. The summed E-state index contributed by atoms with van der Waals surface area (Å²) in [6.45, 7) is 6.57. The van der Waals surface area contributed by atoms with Gasteiger partial charge in [0, 0.05) is 31.2 Å². The van der Waals surface area contributed by atoms with Crippen molar-refractivity contribution >= 4 is 17.7 Å². The third-order valence-electron chi connectivity index (χ3n) is 3.11. The Labute approximate surface area is 132 Å². The van der Waals surface area contributed by atoms with E-state index in [9.17, 15) is 4.79 Å². The van der Waals surface area contributed by atoms with Gasteiger partial charge in [-0.25, -0.2) is 0 Å². The first-order chi connectivity index (χ1) is 10.2. The molecule has 0 saturated carbocycles. The van der Waals surface area contributed by atoms with Crippen molar-refractivity contribution in [2.75, 3.05) is 32.6 Å². The van der Waals surface area contributed by atoms with E-state index in [-0.39, 0.29) is 5.91 Å². The maximum Gasteiger partial charge on any atom is 0.230 e. The lowest BCUT2D eigenvalue weighted by Gasteiger charge is -2.13. The van der Waals surface area contributed by atoms with Gasteiger partial charge in [0.25, 0.3) is 0 Å². The summed E-state index contributed by atoms with van der Waals surface area (Å²) in [7, 11) is 1.66. The minimum absolute atomic E-state index is 0.0706. The van der Waals surface area contributed by atoms with Crippen LogP contribution < -0.4 is 10.6 Å². The summed E-state index contributed by atoms with van der Waals surface area (Å²) in [6.07, 6.45) is 0.851. The summed E-state index contributed by atoms with van der Waals surface area (Å²) >= 11 is 1.56. The zero-order valence-corrected chi connectivity index (χ0v) is 14.0. The molecule has 1 atom stereocenters. The number of carbonyl (C=O) groups is 1. The number of ether oxygens (including phenoxy) is 1. The van der Waals surface area contributed by atoms with Crippen molar-refractivity contribution in [1.82, 2.24) is 10.6 Å². The maximum atomic E-state index is 11.7. The molecule has 5 heteroatoms. The van der Waals surface area contributed by atoms with Gasteiger partial charge in [0.15, 0.2) is 0 Å². The van der Waals surface area contributed by atoms with Crippen LogP contribution >= 0.6 is 11.8 Å². The van der Waals surface area contributed by atoms with Crippen molar-refractivity contribution in [1.29, 1.82) is 0 Å². The summed E-state index contributed by atoms with van der Waals surface area (Å²) in [5, 5.41) is 6.27. The quantitative estimate of drug-likeness (QED) is 0.515. The van der Waals surface area contributed by atoms with Crippen molar-refractivity contribution < 1.29 is 9.53 Å². The van der Waals surface area contributed by atoms with Crippen molar-refractivity contribution in [2.45, 2.75) is 31.2 Å². The number of methoxy groups -OCH3 is 1. The molecule has 0 aliphatic carbocycles. The molecule has 0 fully saturated rings. The average molecular weight is 310 g/mol. The molecule has 1 aromatic rings. The summed E-state index contributed by atoms with van der Waals surface area (Å²) in [6, 6.07) is 8.74. The van der Waals surface area contributed by atoms with E-state index in [2.05, 4.69) is 48.7 Å². The molecule has 0 aliphatic heterocycles. The molecule has 21 heavy (non-hydrogen) atoms. The third-order valence-corrected chi connectivity index (χ3v) is 4.12. The van der Waals surface area contributed by atoms with Crippen LogP contribution in [0.5, 0.6) is 0 Å². The second kappa shape index (κ2) is 10.7. The number of nitrogens with one attached hydrogen (secondary N) is 2. The van der Waals surface area contributed by atoms with Crippen LogP contribution in [0.4, 0.5) is 0 Å². The SMILES string of the molecule is CCNC(C)c1ccc(SCC(=O)NCCCOC)cc1. The summed E-state index contributed by atoms with van der Waals surface area (Å²) in [5.74, 6) is 0.524. The van der Waals surface area contributed by atoms with Crippen molar-refractivity contribution in [3.63, 3.8) is 0 Å². The lowest BCUT2D eigenvalue weighted by molar-refractivity contribution is -0.118.